The molecule has 0 unspecified atom stereocenters. The third kappa shape index (κ3) is 6.99. The monoisotopic (exact) mass is 595 g/mol. The van der Waals surface area contributed by atoms with Gasteiger partial charge >= 0.3 is 0 Å². The number of nitrogens with one attached hydrogen (secondary N) is 1. The molecule has 0 aliphatic rings. The smallest absolute Gasteiger partial charge is 0.264 e. The van der Waals surface area contributed by atoms with E-state index in [-0.39, 0.29) is 29.5 Å². The molecule has 0 aromatic heterocycles. The molecule has 0 aliphatic carbocycles. The van der Waals surface area contributed by atoms with Gasteiger partial charge in [0.2, 0.25) is 11.8 Å². The highest BCUT2D eigenvalue weighted by molar-refractivity contribution is 7.92. The Hall–Kier alpha value is -2.78. The van der Waals surface area contributed by atoms with Crippen LogP contribution in [0.2, 0.25) is 15.1 Å². The number of likely N-dealkylation sites (N-methyl/N-ethyl adjacent to an activating group) is 1. The van der Waals surface area contributed by atoms with Gasteiger partial charge in [0.25, 0.3) is 10.0 Å². The fraction of sp³-hybridized carbons (Fsp3) is 0.259. The highest BCUT2D eigenvalue weighted by Gasteiger charge is 2.34. The molecule has 3 aromatic rings. The van der Waals surface area contributed by atoms with Crippen LogP contribution in [0.4, 0.5) is 5.69 Å². The van der Waals surface area contributed by atoms with E-state index in [1.165, 1.54) is 29.2 Å². The molecule has 0 saturated carbocycles. The normalized spacial score (nSPS) is 12.0. The molecule has 3 rings (SSSR count). The molecule has 202 valence electrons. The summed E-state index contributed by atoms with van der Waals surface area (Å²) in [5.41, 5.74) is 0.698. The first kappa shape index (κ1) is 29.8. The van der Waals surface area contributed by atoms with Crippen LogP contribution in [0.5, 0.6) is 0 Å². The number of carbonyl (C=O) groups is 2. The molecule has 1 atom stereocenters. The van der Waals surface area contributed by atoms with E-state index in [2.05, 4.69) is 5.32 Å². The number of benzene rings is 3. The molecule has 11 heteroatoms. The van der Waals surface area contributed by atoms with E-state index in [0.717, 1.165) is 4.31 Å². The van der Waals surface area contributed by atoms with Gasteiger partial charge in [-0.3, -0.25) is 13.9 Å². The molecule has 2 amide bonds. The maximum absolute atomic E-state index is 13.9. The zero-order valence-electron chi connectivity index (χ0n) is 20.9. The van der Waals surface area contributed by atoms with Gasteiger partial charge in [0.1, 0.15) is 12.6 Å². The van der Waals surface area contributed by atoms with Crippen molar-refractivity contribution in [2.45, 2.75) is 37.8 Å². The standard InChI is InChI=1S/C27H28Cl3N3O4S/c1-3-25(27(35)31-4-2)32(17-22-23(29)11-8-12-24(22)30)26(34)18-33(20-15-13-19(28)14-16-20)38(36,37)21-9-6-5-7-10-21/h5-16,25H,3-4,17-18H2,1-2H3,(H,31,35)/t25-/m0/s1. The minimum Gasteiger partial charge on any atom is -0.355 e. The predicted octanol–water partition coefficient (Wildman–Crippen LogP) is 5.79. The number of anilines is 1. The Labute approximate surface area is 238 Å². The second-order valence-corrected chi connectivity index (χ2v) is 11.5. The van der Waals surface area contributed by atoms with Gasteiger partial charge in [-0.25, -0.2) is 8.42 Å². The van der Waals surface area contributed by atoms with E-state index < -0.39 is 28.5 Å². The Morgan fingerprint density at radius 3 is 2.03 bits per heavy atom. The van der Waals surface area contributed by atoms with Crippen LogP contribution in [0.3, 0.4) is 0 Å². The van der Waals surface area contributed by atoms with E-state index in [1.54, 1.807) is 62.4 Å². The van der Waals surface area contributed by atoms with E-state index in [9.17, 15) is 18.0 Å². The van der Waals surface area contributed by atoms with Crippen molar-refractivity contribution in [1.82, 2.24) is 10.2 Å². The quantitative estimate of drug-likeness (QED) is 0.304. The van der Waals surface area contributed by atoms with Crippen LogP contribution in [0, 0.1) is 0 Å². The molecule has 0 radical (unpaired) electrons. The van der Waals surface area contributed by atoms with Crippen molar-refractivity contribution < 1.29 is 18.0 Å². The zero-order chi connectivity index (χ0) is 27.9. The first-order valence-corrected chi connectivity index (χ1v) is 14.5. The largest absolute Gasteiger partial charge is 0.355 e. The zero-order valence-corrected chi connectivity index (χ0v) is 24.0. The van der Waals surface area contributed by atoms with Crippen LogP contribution in [0.25, 0.3) is 0 Å². The summed E-state index contributed by atoms with van der Waals surface area (Å²) in [7, 11) is -4.16. The highest BCUT2D eigenvalue weighted by Crippen LogP contribution is 2.29. The van der Waals surface area contributed by atoms with Gasteiger partial charge in [-0.15, -0.1) is 0 Å². The summed E-state index contributed by atoms with van der Waals surface area (Å²) < 4.78 is 28.4. The van der Waals surface area contributed by atoms with Crippen molar-refractivity contribution in [1.29, 1.82) is 0 Å². The fourth-order valence-electron chi connectivity index (χ4n) is 3.92. The molecule has 0 heterocycles. The van der Waals surface area contributed by atoms with Crippen molar-refractivity contribution >= 4 is 62.3 Å². The summed E-state index contributed by atoms with van der Waals surface area (Å²) in [5, 5.41) is 3.81. The number of halogens is 3. The SMILES string of the molecule is CCNC(=O)[C@H](CC)N(Cc1c(Cl)cccc1Cl)C(=O)CN(c1ccc(Cl)cc1)S(=O)(=O)c1ccccc1. The topological polar surface area (TPSA) is 86.8 Å². The highest BCUT2D eigenvalue weighted by atomic mass is 35.5. The number of hydrogen-bond donors (Lipinski definition) is 1. The third-order valence-corrected chi connectivity index (χ3v) is 8.60. The molecule has 1 N–H and O–H groups in total. The fourth-order valence-corrected chi connectivity index (χ4v) is 6.00. The Morgan fingerprint density at radius 1 is 0.868 bits per heavy atom. The Kier molecular flexibility index (Phi) is 10.4. The van der Waals surface area contributed by atoms with Gasteiger partial charge in [0.05, 0.1) is 10.6 Å². The second kappa shape index (κ2) is 13.3. The molecule has 38 heavy (non-hydrogen) atoms. The first-order chi connectivity index (χ1) is 18.1. The summed E-state index contributed by atoms with van der Waals surface area (Å²) in [6.07, 6.45) is 0.284. The number of carbonyl (C=O) groups excluding carboxylic acids is 2. The summed E-state index contributed by atoms with van der Waals surface area (Å²) in [4.78, 5) is 28.2. The maximum atomic E-state index is 13.9. The summed E-state index contributed by atoms with van der Waals surface area (Å²) in [6.45, 7) is 3.25. The first-order valence-electron chi connectivity index (χ1n) is 11.9. The predicted molar refractivity (Wildman–Crippen MR) is 152 cm³/mol. The lowest BCUT2D eigenvalue weighted by Crippen LogP contribution is -2.52. The summed E-state index contributed by atoms with van der Waals surface area (Å²) in [6, 6.07) is 18.0. The van der Waals surface area contributed by atoms with Crippen LogP contribution in [-0.4, -0.2) is 44.3 Å². The van der Waals surface area contributed by atoms with Gasteiger partial charge in [0, 0.05) is 33.7 Å². The summed E-state index contributed by atoms with van der Waals surface area (Å²) in [5.74, 6) is -0.968. The molecule has 3 aromatic carbocycles. The Balaban J connectivity index is 2.08. The van der Waals surface area contributed by atoms with Gasteiger partial charge in [-0.05, 0) is 61.9 Å². The molecule has 0 spiro atoms. The Morgan fingerprint density at radius 2 is 1.47 bits per heavy atom. The lowest BCUT2D eigenvalue weighted by molar-refractivity contribution is -0.140. The second-order valence-electron chi connectivity index (χ2n) is 8.34. The lowest BCUT2D eigenvalue weighted by Gasteiger charge is -2.33. The summed E-state index contributed by atoms with van der Waals surface area (Å²) >= 11 is 18.8. The van der Waals surface area contributed by atoms with Gasteiger partial charge < -0.3 is 10.2 Å². The van der Waals surface area contributed by atoms with Crippen LogP contribution in [0.1, 0.15) is 25.8 Å². The molecule has 0 saturated heterocycles. The molecule has 0 bridgehead atoms. The van der Waals surface area contributed by atoms with E-state index in [0.29, 0.717) is 27.2 Å². The van der Waals surface area contributed by atoms with Crippen LogP contribution in [-0.2, 0) is 26.2 Å². The number of nitrogens with zero attached hydrogens (tertiary/aromatic N) is 2. The molecule has 7 nitrogen and oxygen atoms in total. The van der Waals surface area contributed by atoms with Crippen LogP contribution in [0.15, 0.2) is 77.7 Å². The maximum Gasteiger partial charge on any atom is 0.264 e. The van der Waals surface area contributed by atoms with Crippen molar-refractivity contribution in [3.8, 4) is 0 Å². The minimum atomic E-state index is -4.16. The van der Waals surface area contributed by atoms with Crippen molar-refractivity contribution in [3.63, 3.8) is 0 Å². The lowest BCUT2D eigenvalue weighted by atomic mass is 10.1. The van der Waals surface area contributed by atoms with E-state index in [1.807, 2.05) is 0 Å². The number of hydrogen-bond acceptors (Lipinski definition) is 4. The van der Waals surface area contributed by atoms with Crippen molar-refractivity contribution in [2.75, 3.05) is 17.4 Å². The number of amides is 2. The molecule has 0 aliphatic heterocycles. The van der Waals surface area contributed by atoms with Crippen LogP contribution < -0.4 is 9.62 Å². The van der Waals surface area contributed by atoms with Gasteiger partial charge in [0.15, 0.2) is 0 Å². The third-order valence-electron chi connectivity index (χ3n) is 5.85. The molecular weight excluding hydrogens is 569 g/mol. The van der Waals surface area contributed by atoms with Crippen molar-refractivity contribution in [2.24, 2.45) is 0 Å². The van der Waals surface area contributed by atoms with Crippen molar-refractivity contribution in [3.05, 3.63) is 93.4 Å². The average molecular weight is 597 g/mol. The molecular formula is C27H28Cl3N3O4S. The van der Waals surface area contributed by atoms with E-state index >= 15 is 0 Å². The minimum absolute atomic E-state index is 0.0132. The molecule has 0 fully saturated rings. The number of rotatable bonds is 11. The van der Waals surface area contributed by atoms with Gasteiger partial charge in [-0.2, -0.15) is 0 Å². The van der Waals surface area contributed by atoms with E-state index in [4.69, 9.17) is 34.8 Å². The number of sulfonamides is 1. The average Bonchev–Trinajstić information content (AvgIpc) is 2.90. The Bertz CT molecular complexity index is 1350. The van der Waals surface area contributed by atoms with Gasteiger partial charge in [-0.1, -0.05) is 66.0 Å². The van der Waals surface area contributed by atoms with Crippen LogP contribution >= 0.6 is 34.8 Å².